The van der Waals surface area contributed by atoms with E-state index in [0.29, 0.717) is 17.8 Å². The monoisotopic (exact) mass is 262 g/mol. The van der Waals surface area contributed by atoms with Crippen LogP contribution in [0.2, 0.25) is 0 Å². The zero-order valence-corrected chi connectivity index (χ0v) is 12.3. The Bertz CT molecular complexity index is 419. The molecule has 1 fully saturated rings. The van der Waals surface area contributed by atoms with Gasteiger partial charge >= 0.3 is 0 Å². The minimum absolute atomic E-state index is 0.508. The molecule has 0 amide bonds. The van der Waals surface area contributed by atoms with E-state index in [1.54, 1.807) is 6.33 Å². The molecular formula is C15H26N4. The van der Waals surface area contributed by atoms with Crippen LogP contribution in [0.25, 0.3) is 0 Å². The highest BCUT2D eigenvalue weighted by atomic mass is 15.1. The molecule has 3 unspecified atom stereocenters. The summed E-state index contributed by atoms with van der Waals surface area (Å²) in [6.45, 7) is 6.84. The predicted molar refractivity (Wildman–Crippen MR) is 80.0 cm³/mol. The first-order valence-electron chi connectivity index (χ1n) is 7.49. The van der Waals surface area contributed by atoms with Gasteiger partial charge < -0.3 is 11.1 Å². The van der Waals surface area contributed by atoms with E-state index in [-0.39, 0.29) is 0 Å². The third-order valence-corrected chi connectivity index (χ3v) is 4.51. The van der Waals surface area contributed by atoms with Crippen LogP contribution in [0.3, 0.4) is 0 Å². The molecular weight excluding hydrogens is 236 g/mol. The number of nitrogens with one attached hydrogen (secondary N) is 1. The van der Waals surface area contributed by atoms with E-state index < -0.39 is 0 Å². The van der Waals surface area contributed by atoms with Gasteiger partial charge in [-0.05, 0) is 24.7 Å². The van der Waals surface area contributed by atoms with E-state index >= 15 is 0 Å². The number of nitrogens with two attached hydrogens (primary N) is 1. The van der Waals surface area contributed by atoms with Crippen LogP contribution in [0.1, 0.15) is 52.0 Å². The fourth-order valence-corrected chi connectivity index (χ4v) is 3.01. The molecule has 0 spiro atoms. The molecule has 1 saturated carbocycles. The standard InChI is InChI=1S/C15H26N4/c1-4-6-12-14(16)17-9-18-15(12)19-13-8-5-7-10(2)11(13)3/h9-11,13H,4-8H2,1-3H3,(H3,16,17,18,19). The Morgan fingerprint density at radius 1 is 1.32 bits per heavy atom. The minimum atomic E-state index is 0.508. The Morgan fingerprint density at radius 3 is 2.84 bits per heavy atom. The van der Waals surface area contributed by atoms with Crippen LogP contribution in [-0.2, 0) is 6.42 Å². The van der Waals surface area contributed by atoms with E-state index in [1.807, 2.05) is 0 Å². The number of nitrogen functional groups attached to an aromatic ring is 1. The normalized spacial score (nSPS) is 27.2. The van der Waals surface area contributed by atoms with Crippen molar-refractivity contribution in [2.24, 2.45) is 11.8 Å². The van der Waals surface area contributed by atoms with Crippen molar-refractivity contribution in [2.75, 3.05) is 11.1 Å². The summed E-state index contributed by atoms with van der Waals surface area (Å²) in [6.07, 6.45) is 7.42. The van der Waals surface area contributed by atoms with Gasteiger partial charge in [-0.1, -0.05) is 40.0 Å². The van der Waals surface area contributed by atoms with Crippen LogP contribution in [-0.4, -0.2) is 16.0 Å². The largest absolute Gasteiger partial charge is 0.383 e. The average molecular weight is 262 g/mol. The van der Waals surface area contributed by atoms with Gasteiger partial charge in [-0.2, -0.15) is 0 Å². The zero-order valence-electron chi connectivity index (χ0n) is 12.3. The number of hydrogen-bond donors (Lipinski definition) is 2. The van der Waals surface area contributed by atoms with Gasteiger partial charge in [-0.3, -0.25) is 0 Å². The molecule has 0 aliphatic heterocycles. The van der Waals surface area contributed by atoms with Crippen molar-refractivity contribution in [2.45, 2.75) is 58.9 Å². The Labute approximate surface area is 116 Å². The highest BCUT2D eigenvalue weighted by Gasteiger charge is 2.27. The van der Waals surface area contributed by atoms with E-state index in [2.05, 4.69) is 36.1 Å². The minimum Gasteiger partial charge on any atom is -0.383 e. The first kappa shape index (κ1) is 14.1. The summed E-state index contributed by atoms with van der Waals surface area (Å²) in [6, 6.07) is 0.508. The maximum Gasteiger partial charge on any atom is 0.134 e. The fraction of sp³-hybridized carbons (Fsp3) is 0.733. The lowest BCUT2D eigenvalue weighted by Crippen LogP contribution is -2.35. The highest BCUT2D eigenvalue weighted by Crippen LogP contribution is 2.32. The summed E-state index contributed by atoms with van der Waals surface area (Å²) in [7, 11) is 0. The van der Waals surface area contributed by atoms with E-state index in [4.69, 9.17) is 5.73 Å². The average Bonchev–Trinajstić information content (AvgIpc) is 2.39. The number of aromatic nitrogens is 2. The van der Waals surface area contributed by atoms with Gasteiger partial charge in [0, 0.05) is 11.6 Å². The molecule has 1 heterocycles. The molecule has 2 rings (SSSR count). The molecule has 106 valence electrons. The number of anilines is 2. The molecule has 1 aromatic heterocycles. The SMILES string of the molecule is CCCc1c(N)ncnc1NC1CCCC(C)C1C. The second-order valence-electron chi connectivity index (χ2n) is 5.85. The summed E-state index contributed by atoms with van der Waals surface area (Å²) in [5.41, 5.74) is 7.06. The van der Waals surface area contributed by atoms with E-state index in [1.165, 1.54) is 19.3 Å². The van der Waals surface area contributed by atoms with Crippen molar-refractivity contribution >= 4 is 11.6 Å². The number of nitrogens with zero attached hydrogens (tertiary/aromatic N) is 2. The Balaban J connectivity index is 2.16. The van der Waals surface area contributed by atoms with Crippen LogP contribution in [0, 0.1) is 11.8 Å². The molecule has 0 saturated heterocycles. The quantitative estimate of drug-likeness (QED) is 0.874. The lowest BCUT2D eigenvalue weighted by molar-refractivity contribution is 0.252. The van der Waals surface area contributed by atoms with Gasteiger partial charge in [-0.15, -0.1) is 0 Å². The van der Waals surface area contributed by atoms with Crippen molar-refractivity contribution in [1.82, 2.24) is 9.97 Å². The third kappa shape index (κ3) is 3.17. The summed E-state index contributed by atoms with van der Waals surface area (Å²) in [4.78, 5) is 8.52. The first-order chi connectivity index (χ1) is 9.13. The predicted octanol–water partition coefficient (Wildman–Crippen LogP) is 3.25. The summed E-state index contributed by atoms with van der Waals surface area (Å²) < 4.78 is 0. The third-order valence-electron chi connectivity index (χ3n) is 4.51. The maximum atomic E-state index is 5.98. The van der Waals surface area contributed by atoms with Crippen LogP contribution in [0.4, 0.5) is 11.6 Å². The fourth-order valence-electron chi connectivity index (χ4n) is 3.01. The van der Waals surface area contributed by atoms with Crippen molar-refractivity contribution in [3.8, 4) is 0 Å². The van der Waals surface area contributed by atoms with E-state index in [0.717, 1.165) is 30.1 Å². The topological polar surface area (TPSA) is 63.8 Å². The molecule has 0 aromatic carbocycles. The summed E-state index contributed by atoms with van der Waals surface area (Å²) in [5, 5.41) is 3.62. The molecule has 1 aromatic rings. The Hall–Kier alpha value is -1.32. The van der Waals surface area contributed by atoms with Crippen LogP contribution in [0.15, 0.2) is 6.33 Å². The van der Waals surface area contributed by atoms with Gasteiger partial charge in [0.1, 0.15) is 18.0 Å². The van der Waals surface area contributed by atoms with Gasteiger partial charge in [0.05, 0.1) is 0 Å². The molecule has 19 heavy (non-hydrogen) atoms. The van der Waals surface area contributed by atoms with Gasteiger partial charge in [0.15, 0.2) is 0 Å². The number of rotatable bonds is 4. The van der Waals surface area contributed by atoms with Crippen LogP contribution >= 0.6 is 0 Å². The molecule has 4 nitrogen and oxygen atoms in total. The summed E-state index contributed by atoms with van der Waals surface area (Å²) >= 11 is 0. The molecule has 3 N–H and O–H groups in total. The van der Waals surface area contributed by atoms with Crippen molar-refractivity contribution in [3.05, 3.63) is 11.9 Å². The molecule has 0 radical (unpaired) electrons. The number of hydrogen-bond acceptors (Lipinski definition) is 4. The van der Waals surface area contributed by atoms with E-state index in [9.17, 15) is 0 Å². The Kier molecular flexibility index (Phi) is 4.61. The molecule has 1 aliphatic rings. The second-order valence-corrected chi connectivity index (χ2v) is 5.85. The van der Waals surface area contributed by atoms with Gasteiger partial charge in [-0.25, -0.2) is 9.97 Å². The first-order valence-corrected chi connectivity index (χ1v) is 7.49. The lowest BCUT2D eigenvalue weighted by atomic mass is 9.78. The zero-order chi connectivity index (χ0) is 13.8. The second kappa shape index (κ2) is 6.22. The van der Waals surface area contributed by atoms with Crippen molar-refractivity contribution < 1.29 is 0 Å². The summed E-state index contributed by atoms with van der Waals surface area (Å²) in [5.74, 6) is 3.02. The van der Waals surface area contributed by atoms with Gasteiger partial charge in [0.25, 0.3) is 0 Å². The Morgan fingerprint density at radius 2 is 2.11 bits per heavy atom. The van der Waals surface area contributed by atoms with Crippen LogP contribution in [0.5, 0.6) is 0 Å². The van der Waals surface area contributed by atoms with Crippen LogP contribution < -0.4 is 11.1 Å². The maximum absolute atomic E-state index is 5.98. The molecule has 1 aliphatic carbocycles. The molecule has 0 bridgehead atoms. The molecule has 4 heteroatoms. The van der Waals surface area contributed by atoms with Gasteiger partial charge in [0.2, 0.25) is 0 Å². The van der Waals surface area contributed by atoms with Crippen molar-refractivity contribution in [3.63, 3.8) is 0 Å². The highest BCUT2D eigenvalue weighted by molar-refractivity contribution is 5.55. The van der Waals surface area contributed by atoms with Crippen molar-refractivity contribution in [1.29, 1.82) is 0 Å². The lowest BCUT2D eigenvalue weighted by Gasteiger charge is -2.35. The smallest absolute Gasteiger partial charge is 0.134 e. The molecule has 3 atom stereocenters.